The van der Waals surface area contributed by atoms with Crippen LogP contribution >= 0.6 is 23.4 Å². The molecule has 3 heterocycles. The summed E-state index contributed by atoms with van der Waals surface area (Å²) in [5, 5.41) is 3.79. The number of hydrogen-bond acceptors (Lipinski definition) is 13. The molecule has 0 radical (unpaired) electrons. The number of thioether (sulfide) groups is 1. The maximum atomic E-state index is 14.6. The summed E-state index contributed by atoms with van der Waals surface area (Å²) in [4.78, 5) is 53.9. The van der Waals surface area contributed by atoms with Crippen molar-refractivity contribution in [1.82, 2.24) is 19.7 Å². The van der Waals surface area contributed by atoms with Gasteiger partial charge in [-0.25, -0.2) is 18.9 Å². The lowest BCUT2D eigenvalue weighted by Gasteiger charge is -2.21. The molecule has 0 fully saturated rings. The average Bonchev–Trinajstić information content (AvgIpc) is 3.73. The number of nitrogens with zero attached hydrogens (tertiary/aromatic N) is 5. The zero-order chi connectivity index (χ0) is 47.0. The number of amides is 2. The Hall–Kier alpha value is -5.67. The van der Waals surface area contributed by atoms with Gasteiger partial charge in [0.25, 0.3) is 11.8 Å². The Morgan fingerprint density at radius 1 is 1.08 bits per heavy atom. The van der Waals surface area contributed by atoms with Crippen LogP contribution in [0.5, 0.6) is 23.3 Å². The SMILES string of the molecule is CCCS(=O)(=O)Oc1c(C(=O)c2ccc3c(c2C)C(C)(C)CS3)cnn1C.CCOC(=O)COc1ncccc1Oc1cc(N(C)C(=O)/C=C(\N(C)C=O)C(F)(F)F)c(F)cc1Cl. The Labute approximate surface area is 370 Å². The first-order valence-electron chi connectivity index (χ1n) is 18.9. The zero-order valence-electron chi connectivity index (χ0n) is 35.3. The molecular weight excluding hydrogens is 898 g/mol. The van der Waals surface area contributed by atoms with Crippen LogP contribution in [0, 0.1) is 12.7 Å². The molecule has 0 aliphatic carbocycles. The Bertz CT molecular complexity index is 2510. The third-order valence-electron chi connectivity index (χ3n) is 9.10. The molecule has 2 aromatic heterocycles. The molecule has 1 aliphatic heterocycles. The van der Waals surface area contributed by atoms with E-state index in [2.05, 4.69) is 23.9 Å². The summed E-state index contributed by atoms with van der Waals surface area (Å²) < 4.78 is 101. The molecule has 2 aromatic carbocycles. The summed E-state index contributed by atoms with van der Waals surface area (Å²) in [5.41, 5.74) is 0.766. The topological polar surface area (TPSA) is 177 Å². The number of pyridine rings is 1. The van der Waals surface area contributed by atoms with Crippen LogP contribution in [0.1, 0.15) is 61.2 Å². The van der Waals surface area contributed by atoms with Crippen LogP contribution < -0.4 is 18.6 Å². The second-order valence-electron chi connectivity index (χ2n) is 14.3. The monoisotopic (exact) mass is 941 g/mol. The first kappa shape index (κ1) is 50.0. The number of esters is 1. The quantitative estimate of drug-likeness (QED) is 0.0269. The molecule has 1 aliphatic rings. The number of anilines is 1. The van der Waals surface area contributed by atoms with Gasteiger partial charge < -0.3 is 28.2 Å². The van der Waals surface area contributed by atoms with E-state index in [0.717, 1.165) is 37.5 Å². The van der Waals surface area contributed by atoms with Crippen molar-refractivity contribution in [3.8, 4) is 23.3 Å². The number of aromatic nitrogens is 3. The van der Waals surface area contributed by atoms with Crippen LogP contribution in [0.2, 0.25) is 5.02 Å². The Morgan fingerprint density at radius 3 is 2.41 bits per heavy atom. The Balaban J connectivity index is 0.000000287. The number of carbonyl (C=O) groups excluding carboxylic acids is 4. The number of alkyl halides is 3. The predicted molar refractivity (Wildman–Crippen MR) is 225 cm³/mol. The molecule has 22 heteroatoms. The van der Waals surface area contributed by atoms with Crippen molar-refractivity contribution in [2.75, 3.05) is 43.7 Å². The number of likely N-dealkylation sites (N-methyl/N-ethyl adjacent to an activating group) is 1. The Morgan fingerprint density at radius 2 is 1.78 bits per heavy atom. The minimum absolute atomic E-state index is 0.0148. The summed E-state index contributed by atoms with van der Waals surface area (Å²) in [6.45, 7) is 9.31. The van der Waals surface area contributed by atoms with Crippen LogP contribution in [0.25, 0.3) is 0 Å². The maximum Gasteiger partial charge on any atom is 0.431 e. The fourth-order valence-corrected chi connectivity index (χ4v) is 8.71. The number of fused-ring (bicyclic) bond motifs is 1. The fraction of sp³-hybridized carbons (Fsp3) is 0.366. The van der Waals surface area contributed by atoms with Gasteiger partial charge in [0.05, 0.1) is 29.3 Å². The summed E-state index contributed by atoms with van der Waals surface area (Å²) >= 11 is 7.85. The normalized spacial score (nSPS) is 13.3. The van der Waals surface area contributed by atoms with E-state index < -0.39 is 52.0 Å². The third kappa shape index (κ3) is 12.3. The summed E-state index contributed by atoms with van der Waals surface area (Å²) in [5.74, 6) is -2.84. The van der Waals surface area contributed by atoms with Crippen molar-refractivity contribution in [2.24, 2.45) is 7.05 Å². The van der Waals surface area contributed by atoms with Crippen molar-refractivity contribution in [1.29, 1.82) is 0 Å². The first-order chi connectivity index (χ1) is 29.5. The molecule has 340 valence electrons. The van der Waals surface area contributed by atoms with E-state index in [-0.39, 0.29) is 74.8 Å². The number of rotatable bonds is 16. The van der Waals surface area contributed by atoms with Crippen molar-refractivity contribution in [2.45, 2.75) is 57.5 Å². The van der Waals surface area contributed by atoms with E-state index in [1.54, 1.807) is 32.7 Å². The molecule has 0 atom stereocenters. The minimum Gasteiger partial charge on any atom is -0.463 e. The highest BCUT2D eigenvalue weighted by atomic mass is 35.5. The number of aryl methyl sites for hydroxylation is 1. The molecule has 5 rings (SSSR count). The number of ether oxygens (including phenoxy) is 3. The first-order valence-corrected chi connectivity index (χ1v) is 21.8. The fourth-order valence-electron chi connectivity index (χ4n) is 6.10. The van der Waals surface area contributed by atoms with Gasteiger partial charge in [-0.05, 0) is 61.7 Å². The number of halogens is 5. The van der Waals surface area contributed by atoms with Crippen LogP contribution in [-0.4, -0.2) is 97.1 Å². The molecule has 2 amide bonds. The number of benzene rings is 2. The number of carbonyl (C=O) groups is 4. The highest BCUT2D eigenvalue weighted by Crippen LogP contribution is 2.46. The van der Waals surface area contributed by atoms with Crippen LogP contribution in [-0.2, 0) is 41.7 Å². The van der Waals surface area contributed by atoms with E-state index in [0.29, 0.717) is 16.9 Å². The molecule has 0 spiro atoms. The molecule has 0 saturated carbocycles. The van der Waals surface area contributed by atoms with Crippen molar-refractivity contribution in [3.63, 3.8) is 0 Å². The molecule has 0 N–H and O–H groups in total. The van der Waals surface area contributed by atoms with Crippen molar-refractivity contribution < 1.29 is 63.6 Å². The van der Waals surface area contributed by atoms with E-state index in [9.17, 15) is 45.2 Å². The van der Waals surface area contributed by atoms with E-state index in [1.807, 2.05) is 19.1 Å². The Kier molecular flexibility index (Phi) is 16.4. The lowest BCUT2D eigenvalue weighted by atomic mass is 9.81. The van der Waals surface area contributed by atoms with Gasteiger partial charge in [0.15, 0.2) is 18.1 Å². The molecule has 15 nitrogen and oxygen atoms in total. The smallest absolute Gasteiger partial charge is 0.431 e. The van der Waals surface area contributed by atoms with Gasteiger partial charge in [0.2, 0.25) is 12.3 Å². The van der Waals surface area contributed by atoms with E-state index in [4.69, 9.17) is 30.0 Å². The third-order valence-corrected chi connectivity index (χ3v) is 12.2. The van der Waals surface area contributed by atoms with Crippen molar-refractivity contribution in [3.05, 3.63) is 93.7 Å². The molecule has 0 unspecified atom stereocenters. The molecule has 0 bridgehead atoms. The summed E-state index contributed by atoms with van der Waals surface area (Å²) in [7, 11) is -0.386. The summed E-state index contributed by atoms with van der Waals surface area (Å²) in [6, 6.07) is 8.41. The molecular formula is C41H44ClF4N5O10S2. The number of allylic oxidation sites excluding steroid dienone is 1. The summed E-state index contributed by atoms with van der Waals surface area (Å²) in [6.07, 6.45) is -1.87. The molecule has 4 aromatic rings. The number of ketones is 1. The predicted octanol–water partition coefficient (Wildman–Crippen LogP) is 7.57. The van der Waals surface area contributed by atoms with Crippen LogP contribution in [0.3, 0.4) is 0 Å². The van der Waals surface area contributed by atoms with Gasteiger partial charge in [0, 0.05) is 61.1 Å². The second kappa shape index (κ2) is 20.7. The molecule has 63 heavy (non-hydrogen) atoms. The standard InChI is InChI=1S/C22H20ClF4N3O6.C19H24N2O4S2/c1-4-34-20(33)11-35-21-16(6-5-7-28-21)36-17-9-15(14(24)8-13(17)23)30(3)19(32)10-18(22(25,26)27)29(2)12-31;1-6-9-27(23,24)25-18-14(10-20-21(18)5)17(22)13-7-8-15-16(12(13)2)19(3,4)11-26-15/h5-10,12H,4,11H2,1-3H3;7-8,10H,6,9,11H2,1-5H3/b18-10-;. The van der Waals surface area contributed by atoms with Gasteiger partial charge >= 0.3 is 22.3 Å². The lowest BCUT2D eigenvalue weighted by Crippen LogP contribution is -2.32. The van der Waals surface area contributed by atoms with E-state index >= 15 is 0 Å². The highest BCUT2D eigenvalue weighted by molar-refractivity contribution is 7.99. The van der Waals surface area contributed by atoms with Gasteiger partial charge in [-0.3, -0.25) is 14.4 Å². The van der Waals surface area contributed by atoms with Gasteiger partial charge in [-0.1, -0.05) is 32.4 Å². The largest absolute Gasteiger partial charge is 0.463 e. The van der Waals surface area contributed by atoms with Crippen LogP contribution in [0.4, 0.5) is 23.2 Å². The van der Waals surface area contributed by atoms with E-state index in [1.165, 1.54) is 39.7 Å². The van der Waals surface area contributed by atoms with Gasteiger partial charge in [-0.2, -0.15) is 26.7 Å². The minimum atomic E-state index is -5.03. The zero-order valence-corrected chi connectivity index (χ0v) is 37.7. The van der Waals surface area contributed by atoms with Crippen molar-refractivity contribution >= 4 is 63.2 Å². The second-order valence-corrected chi connectivity index (χ2v) is 17.4. The van der Waals surface area contributed by atoms with Gasteiger partial charge in [-0.15, -0.1) is 11.8 Å². The lowest BCUT2D eigenvalue weighted by molar-refractivity contribution is -0.145. The van der Waals surface area contributed by atoms with Crippen LogP contribution in [0.15, 0.2) is 65.5 Å². The molecule has 0 saturated heterocycles. The highest BCUT2D eigenvalue weighted by Gasteiger charge is 2.38. The maximum absolute atomic E-state index is 14.6. The van der Waals surface area contributed by atoms with Gasteiger partial charge in [0.1, 0.15) is 22.8 Å². The average molecular weight is 942 g/mol. The number of hydrogen-bond donors (Lipinski definition) is 0.